The summed E-state index contributed by atoms with van der Waals surface area (Å²) < 4.78 is 22.0. The lowest BCUT2D eigenvalue weighted by molar-refractivity contribution is 0.435. The molecule has 1 heterocycles. The van der Waals surface area contributed by atoms with E-state index in [1.54, 1.807) is 26.1 Å². The number of aryl methyl sites for hydroxylation is 1. The highest BCUT2D eigenvalue weighted by molar-refractivity contribution is 6.31. The second-order valence-corrected chi connectivity index (χ2v) is 6.16. The van der Waals surface area contributed by atoms with Crippen LogP contribution in [0, 0.1) is 19.3 Å². The van der Waals surface area contributed by atoms with Crippen molar-refractivity contribution in [2.45, 2.75) is 13.3 Å². The van der Waals surface area contributed by atoms with Gasteiger partial charge in [0.1, 0.15) is 11.6 Å². The molecule has 3 aromatic rings. The number of rotatable bonds is 4. The third-order valence-electron chi connectivity index (χ3n) is 3.90. The van der Waals surface area contributed by atoms with Gasteiger partial charge in [-0.2, -0.15) is 5.10 Å². The summed E-state index contributed by atoms with van der Waals surface area (Å²) in [5, 5.41) is 6.54. The number of aromatic nitrogens is 3. The molecular weight excluding hydrogens is 359 g/mol. The van der Waals surface area contributed by atoms with E-state index in [1.165, 1.54) is 22.8 Å². The number of nitrogens with zero attached hydrogens (tertiary/aromatic N) is 3. The van der Waals surface area contributed by atoms with Gasteiger partial charge in [0.2, 0.25) is 0 Å². The maximum Gasteiger partial charge on any atom is 0.343 e. The summed E-state index contributed by atoms with van der Waals surface area (Å²) in [5.74, 6) is 0.169. The average Bonchev–Trinajstić information content (AvgIpc) is 2.92. The lowest BCUT2D eigenvalue weighted by Gasteiger charge is -2.13. The molecule has 0 amide bonds. The van der Waals surface area contributed by atoms with Crippen LogP contribution in [0.2, 0.25) is 5.02 Å². The van der Waals surface area contributed by atoms with Gasteiger partial charge in [-0.1, -0.05) is 23.7 Å². The van der Waals surface area contributed by atoms with E-state index in [1.807, 2.05) is 0 Å². The summed E-state index contributed by atoms with van der Waals surface area (Å²) in [5.41, 5.74) is 0.856. The minimum atomic E-state index is -0.551. The van der Waals surface area contributed by atoms with Crippen molar-refractivity contribution in [1.82, 2.24) is 14.8 Å². The van der Waals surface area contributed by atoms with Crippen LogP contribution in [0.5, 0.6) is 11.5 Å². The monoisotopic (exact) mass is 372 g/mol. The Morgan fingerprint density at radius 2 is 2.15 bits per heavy atom. The fraction of sp³-hybridized carbons (Fsp3) is 0.167. The molecule has 0 spiro atoms. The van der Waals surface area contributed by atoms with Crippen LogP contribution >= 0.6 is 11.6 Å². The summed E-state index contributed by atoms with van der Waals surface area (Å²) in [6.07, 6.45) is 0.126. The van der Waals surface area contributed by atoms with Gasteiger partial charge >= 0.3 is 5.69 Å². The summed E-state index contributed by atoms with van der Waals surface area (Å²) in [7, 11) is 1.56. The Kier molecular flexibility index (Phi) is 4.78. The first kappa shape index (κ1) is 17.7. The second kappa shape index (κ2) is 7.02. The Labute approximate surface area is 153 Å². The van der Waals surface area contributed by atoms with E-state index in [-0.39, 0.29) is 23.6 Å². The molecule has 0 aliphatic rings. The molecule has 0 unspecified atom stereocenters. The molecule has 6 nitrogen and oxygen atoms in total. The molecular formula is C18H14ClFN4O2. The first-order valence-electron chi connectivity index (χ1n) is 7.63. The van der Waals surface area contributed by atoms with Crippen molar-refractivity contribution < 1.29 is 9.13 Å². The van der Waals surface area contributed by atoms with E-state index in [0.717, 1.165) is 0 Å². The highest BCUT2D eigenvalue weighted by Crippen LogP contribution is 2.34. The smallest absolute Gasteiger partial charge is 0.343 e. The number of halogens is 2. The van der Waals surface area contributed by atoms with E-state index >= 15 is 0 Å². The van der Waals surface area contributed by atoms with Crippen molar-refractivity contribution in [3.63, 3.8) is 0 Å². The molecule has 1 aromatic heterocycles. The van der Waals surface area contributed by atoms with Crippen LogP contribution in [0.4, 0.5) is 10.1 Å². The quantitative estimate of drug-likeness (QED) is 0.700. The number of hydrogen-bond donors (Lipinski definition) is 1. The van der Waals surface area contributed by atoms with Gasteiger partial charge in [-0.25, -0.2) is 19.1 Å². The highest BCUT2D eigenvalue weighted by Gasteiger charge is 2.16. The van der Waals surface area contributed by atoms with Crippen molar-refractivity contribution in [2.75, 3.05) is 0 Å². The molecule has 3 rings (SSSR count). The largest absolute Gasteiger partial charge is 0.455 e. The molecule has 8 heteroatoms. The summed E-state index contributed by atoms with van der Waals surface area (Å²) in [6.45, 7) is 8.80. The van der Waals surface area contributed by atoms with Gasteiger partial charge in [-0.15, -0.1) is 0 Å². The van der Waals surface area contributed by atoms with Crippen molar-refractivity contribution in [1.29, 1.82) is 0 Å². The van der Waals surface area contributed by atoms with Crippen LogP contribution in [0.1, 0.15) is 17.0 Å². The highest BCUT2D eigenvalue weighted by atomic mass is 35.5. The predicted molar refractivity (Wildman–Crippen MR) is 95.6 cm³/mol. The standard InChI is InChI=1S/C18H14ClFN4O2/c1-10-4-5-11(6-15-22-23-18(25)24(15)3)16(20)17(10)26-14-8-12(19)7-13(9-14)21-2/h4-5,7-9H,6H2,1,3H3,(H,23,25). The normalized spacial score (nSPS) is 10.6. The summed E-state index contributed by atoms with van der Waals surface area (Å²) >= 11 is 5.97. The Bertz CT molecular complexity index is 1080. The number of aromatic amines is 1. The van der Waals surface area contributed by atoms with E-state index in [2.05, 4.69) is 15.0 Å². The molecule has 0 saturated heterocycles. The number of benzene rings is 2. The molecule has 2 aromatic carbocycles. The molecule has 1 N–H and O–H groups in total. The van der Waals surface area contributed by atoms with Gasteiger partial charge in [0.15, 0.2) is 17.3 Å². The molecule has 0 saturated carbocycles. The zero-order valence-electron chi connectivity index (χ0n) is 14.0. The minimum Gasteiger partial charge on any atom is -0.455 e. The Morgan fingerprint density at radius 1 is 1.38 bits per heavy atom. The Hall–Kier alpha value is -3.11. The molecule has 0 fully saturated rings. The number of H-pyrrole nitrogens is 1. The lowest BCUT2D eigenvalue weighted by atomic mass is 10.1. The van der Waals surface area contributed by atoms with E-state index in [4.69, 9.17) is 22.9 Å². The first-order valence-corrected chi connectivity index (χ1v) is 8.01. The number of hydrogen-bond acceptors (Lipinski definition) is 3. The van der Waals surface area contributed by atoms with Crippen LogP contribution in [-0.2, 0) is 13.5 Å². The summed E-state index contributed by atoms with van der Waals surface area (Å²) in [6, 6.07) is 7.85. The van der Waals surface area contributed by atoms with E-state index in [0.29, 0.717) is 27.7 Å². The van der Waals surface area contributed by atoms with Crippen LogP contribution < -0.4 is 10.4 Å². The van der Waals surface area contributed by atoms with Crippen molar-refractivity contribution in [3.05, 3.63) is 80.0 Å². The van der Waals surface area contributed by atoms with E-state index < -0.39 is 5.82 Å². The van der Waals surface area contributed by atoms with Gasteiger partial charge in [0.25, 0.3) is 0 Å². The van der Waals surface area contributed by atoms with Gasteiger partial charge in [-0.05, 0) is 36.2 Å². The molecule has 0 bridgehead atoms. The fourth-order valence-corrected chi connectivity index (χ4v) is 2.67. The van der Waals surface area contributed by atoms with Crippen molar-refractivity contribution >= 4 is 17.3 Å². The topological polar surface area (TPSA) is 64.3 Å². The molecule has 0 aliphatic heterocycles. The minimum absolute atomic E-state index is 0.0428. The SMILES string of the molecule is [C-]#[N+]c1cc(Cl)cc(Oc2c(C)ccc(Cc3n[nH]c(=O)n3C)c2F)c1. The third kappa shape index (κ3) is 3.46. The van der Waals surface area contributed by atoms with Crippen molar-refractivity contribution in [3.8, 4) is 11.5 Å². The van der Waals surface area contributed by atoms with Crippen molar-refractivity contribution in [2.24, 2.45) is 7.05 Å². The average molecular weight is 373 g/mol. The maximum absolute atomic E-state index is 15.0. The third-order valence-corrected chi connectivity index (χ3v) is 4.12. The zero-order chi connectivity index (χ0) is 18.8. The van der Waals surface area contributed by atoms with Crippen LogP contribution in [0.3, 0.4) is 0 Å². The Balaban J connectivity index is 1.98. The number of nitrogens with one attached hydrogen (secondary N) is 1. The molecule has 0 atom stereocenters. The van der Waals surface area contributed by atoms with Gasteiger partial charge in [-0.3, -0.25) is 4.57 Å². The predicted octanol–water partition coefficient (Wildman–Crippen LogP) is 4.14. The molecule has 0 radical (unpaired) electrons. The first-order chi connectivity index (χ1) is 12.4. The van der Waals surface area contributed by atoms with Gasteiger partial charge in [0.05, 0.1) is 6.57 Å². The number of ether oxygens (including phenoxy) is 1. The Morgan fingerprint density at radius 3 is 2.81 bits per heavy atom. The maximum atomic E-state index is 15.0. The van der Waals surface area contributed by atoms with E-state index in [9.17, 15) is 9.18 Å². The molecule has 132 valence electrons. The van der Waals surface area contributed by atoms with Crippen LogP contribution in [0.15, 0.2) is 35.1 Å². The lowest BCUT2D eigenvalue weighted by Crippen LogP contribution is -2.15. The van der Waals surface area contributed by atoms with Gasteiger partial charge < -0.3 is 4.74 Å². The van der Waals surface area contributed by atoms with Gasteiger partial charge in [0, 0.05) is 18.5 Å². The zero-order valence-corrected chi connectivity index (χ0v) is 14.8. The molecule has 26 heavy (non-hydrogen) atoms. The summed E-state index contributed by atoms with van der Waals surface area (Å²) in [4.78, 5) is 14.8. The second-order valence-electron chi connectivity index (χ2n) is 5.72. The molecule has 0 aliphatic carbocycles. The fourth-order valence-electron chi connectivity index (χ4n) is 2.45. The van der Waals surface area contributed by atoms with Crippen LogP contribution in [-0.4, -0.2) is 14.8 Å². The van der Waals surface area contributed by atoms with Crippen LogP contribution in [0.25, 0.3) is 4.85 Å².